The van der Waals surface area contributed by atoms with Crippen molar-refractivity contribution in [1.29, 1.82) is 0 Å². The fraction of sp³-hybridized carbons (Fsp3) is 0.182. The van der Waals surface area contributed by atoms with Crippen LogP contribution in [0.2, 0.25) is 0 Å². The Labute approximate surface area is 82.6 Å². The molecule has 3 heteroatoms. The van der Waals surface area contributed by atoms with E-state index in [-0.39, 0.29) is 0 Å². The van der Waals surface area contributed by atoms with Crippen molar-refractivity contribution in [1.82, 2.24) is 9.38 Å². The summed E-state index contributed by atoms with van der Waals surface area (Å²) in [5.41, 5.74) is 9.15. The molecule has 0 radical (unpaired) electrons. The molecule has 0 aliphatic heterocycles. The fourth-order valence-electron chi connectivity index (χ4n) is 1.47. The summed E-state index contributed by atoms with van der Waals surface area (Å²) in [7, 11) is 0. The van der Waals surface area contributed by atoms with Gasteiger partial charge in [-0.1, -0.05) is 0 Å². The van der Waals surface area contributed by atoms with E-state index in [2.05, 4.69) is 10.9 Å². The SMILES string of the molecule is C#Cc1nc2cc(CN)ccn2c1C. The predicted molar refractivity (Wildman–Crippen MR) is 55.8 cm³/mol. The van der Waals surface area contributed by atoms with Crippen LogP contribution in [0.1, 0.15) is 17.0 Å². The van der Waals surface area contributed by atoms with Crippen molar-refractivity contribution in [2.24, 2.45) is 5.73 Å². The maximum absolute atomic E-state index is 5.54. The molecule has 0 aromatic carbocycles. The molecule has 3 nitrogen and oxygen atoms in total. The first-order valence-electron chi connectivity index (χ1n) is 4.40. The van der Waals surface area contributed by atoms with Crippen LogP contribution in [0.5, 0.6) is 0 Å². The van der Waals surface area contributed by atoms with Crippen LogP contribution in [-0.2, 0) is 6.54 Å². The lowest BCUT2D eigenvalue weighted by atomic mass is 10.3. The van der Waals surface area contributed by atoms with Crippen LogP contribution in [0.4, 0.5) is 0 Å². The lowest BCUT2D eigenvalue weighted by Crippen LogP contribution is -1.97. The van der Waals surface area contributed by atoms with Crippen molar-refractivity contribution in [2.75, 3.05) is 0 Å². The van der Waals surface area contributed by atoms with Gasteiger partial charge in [0.15, 0.2) is 0 Å². The van der Waals surface area contributed by atoms with Gasteiger partial charge in [0.2, 0.25) is 0 Å². The van der Waals surface area contributed by atoms with Gasteiger partial charge in [-0.15, -0.1) is 6.42 Å². The molecule has 0 fully saturated rings. The molecule has 2 aromatic heterocycles. The zero-order chi connectivity index (χ0) is 10.1. The Balaban J connectivity index is 2.74. The fourth-order valence-corrected chi connectivity index (χ4v) is 1.47. The van der Waals surface area contributed by atoms with Gasteiger partial charge in [-0.2, -0.15) is 0 Å². The third kappa shape index (κ3) is 1.17. The maximum atomic E-state index is 5.54. The highest BCUT2D eigenvalue weighted by Gasteiger charge is 2.05. The van der Waals surface area contributed by atoms with E-state index >= 15 is 0 Å². The van der Waals surface area contributed by atoms with E-state index in [0.717, 1.165) is 16.9 Å². The normalized spacial score (nSPS) is 10.4. The standard InChI is InChI=1S/C11H11N3/c1-3-10-8(2)14-5-4-9(7-12)6-11(14)13-10/h1,4-6H,7,12H2,2H3. The maximum Gasteiger partial charge on any atom is 0.138 e. The van der Waals surface area contributed by atoms with Gasteiger partial charge in [0.05, 0.1) is 5.69 Å². The molecule has 2 aromatic rings. The van der Waals surface area contributed by atoms with Crippen LogP contribution in [-0.4, -0.2) is 9.38 Å². The number of nitrogens with two attached hydrogens (primary N) is 1. The number of aryl methyl sites for hydroxylation is 1. The molecule has 70 valence electrons. The predicted octanol–water partition coefficient (Wildman–Crippen LogP) is 1.08. The highest BCUT2D eigenvalue weighted by Crippen LogP contribution is 2.12. The summed E-state index contributed by atoms with van der Waals surface area (Å²) in [4.78, 5) is 4.31. The van der Waals surface area contributed by atoms with Crippen molar-refractivity contribution in [2.45, 2.75) is 13.5 Å². The molecule has 0 spiro atoms. The van der Waals surface area contributed by atoms with Crippen LogP contribution in [0.15, 0.2) is 18.3 Å². The van der Waals surface area contributed by atoms with E-state index in [0.29, 0.717) is 12.2 Å². The highest BCUT2D eigenvalue weighted by molar-refractivity contribution is 5.49. The van der Waals surface area contributed by atoms with E-state index in [1.807, 2.05) is 29.7 Å². The van der Waals surface area contributed by atoms with Crippen molar-refractivity contribution in [3.05, 3.63) is 35.3 Å². The molecular formula is C11H11N3. The van der Waals surface area contributed by atoms with Crippen molar-refractivity contribution < 1.29 is 0 Å². The number of fused-ring (bicyclic) bond motifs is 1. The number of hydrogen-bond donors (Lipinski definition) is 1. The number of rotatable bonds is 1. The zero-order valence-electron chi connectivity index (χ0n) is 7.99. The molecule has 2 N–H and O–H groups in total. The molecule has 0 unspecified atom stereocenters. The number of hydrogen-bond acceptors (Lipinski definition) is 2. The molecule has 14 heavy (non-hydrogen) atoms. The van der Waals surface area contributed by atoms with E-state index in [9.17, 15) is 0 Å². The number of imidazole rings is 1. The molecule has 0 aliphatic rings. The van der Waals surface area contributed by atoms with E-state index in [4.69, 9.17) is 12.2 Å². The molecule has 2 rings (SSSR count). The topological polar surface area (TPSA) is 43.3 Å². The Kier molecular flexibility index (Phi) is 1.99. The van der Waals surface area contributed by atoms with Gasteiger partial charge in [-0.05, 0) is 30.5 Å². The molecule has 0 aliphatic carbocycles. The second kappa shape index (κ2) is 3.17. The minimum atomic E-state index is 0.522. The van der Waals surface area contributed by atoms with Crippen LogP contribution in [0.25, 0.3) is 5.65 Å². The Morgan fingerprint density at radius 1 is 1.64 bits per heavy atom. The Morgan fingerprint density at radius 3 is 3.07 bits per heavy atom. The van der Waals surface area contributed by atoms with Gasteiger partial charge in [0.25, 0.3) is 0 Å². The lowest BCUT2D eigenvalue weighted by molar-refractivity contribution is 1.04. The van der Waals surface area contributed by atoms with Crippen LogP contribution >= 0.6 is 0 Å². The molecule has 0 saturated carbocycles. The third-order valence-electron chi connectivity index (χ3n) is 2.30. The number of aromatic nitrogens is 2. The molecule has 0 atom stereocenters. The van der Waals surface area contributed by atoms with E-state index in [1.54, 1.807) is 0 Å². The summed E-state index contributed by atoms with van der Waals surface area (Å²) >= 11 is 0. The molecule has 0 amide bonds. The smallest absolute Gasteiger partial charge is 0.138 e. The van der Waals surface area contributed by atoms with E-state index < -0.39 is 0 Å². The largest absolute Gasteiger partial charge is 0.326 e. The van der Waals surface area contributed by atoms with Gasteiger partial charge >= 0.3 is 0 Å². The Hall–Kier alpha value is -1.79. The van der Waals surface area contributed by atoms with Gasteiger partial charge in [0, 0.05) is 12.7 Å². The summed E-state index contributed by atoms with van der Waals surface area (Å²) in [6.45, 7) is 2.48. The molecule has 0 saturated heterocycles. The Morgan fingerprint density at radius 2 is 2.43 bits per heavy atom. The van der Waals surface area contributed by atoms with Crippen molar-refractivity contribution in [3.63, 3.8) is 0 Å². The zero-order valence-corrected chi connectivity index (χ0v) is 7.99. The van der Waals surface area contributed by atoms with Crippen LogP contribution < -0.4 is 5.73 Å². The van der Waals surface area contributed by atoms with Crippen molar-refractivity contribution in [3.8, 4) is 12.3 Å². The first-order valence-corrected chi connectivity index (χ1v) is 4.40. The molecular weight excluding hydrogens is 174 g/mol. The quantitative estimate of drug-likeness (QED) is 0.676. The number of pyridine rings is 1. The minimum absolute atomic E-state index is 0.522. The molecule has 2 heterocycles. The monoisotopic (exact) mass is 185 g/mol. The lowest BCUT2D eigenvalue weighted by Gasteiger charge is -1.98. The highest BCUT2D eigenvalue weighted by atomic mass is 15.0. The average molecular weight is 185 g/mol. The molecule has 0 bridgehead atoms. The minimum Gasteiger partial charge on any atom is -0.326 e. The third-order valence-corrected chi connectivity index (χ3v) is 2.30. The summed E-state index contributed by atoms with van der Waals surface area (Å²) in [6, 6.07) is 3.93. The second-order valence-corrected chi connectivity index (χ2v) is 3.16. The first kappa shape index (κ1) is 8.79. The number of terminal acetylenes is 1. The summed E-state index contributed by atoms with van der Waals surface area (Å²) in [6.07, 6.45) is 7.28. The number of nitrogens with zero attached hydrogens (tertiary/aromatic N) is 2. The van der Waals surface area contributed by atoms with Gasteiger partial charge in [-0.3, -0.25) is 0 Å². The van der Waals surface area contributed by atoms with Crippen LogP contribution in [0, 0.1) is 19.3 Å². The van der Waals surface area contributed by atoms with E-state index in [1.165, 1.54) is 0 Å². The van der Waals surface area contributed by atoms with Gasteiger partial charge < -0.3 is 10.1 Å². The van der Waals surface area contributed by atoms with Gasteiger partial charge in [0.1, 0.15) is 11.3 Å². The summed E-state index contributed by atoms with van der Waals surface area (Å²) in [5, 5.41) is 0. The summed E-state index contributed by atoms with van der Waals surface area (Å²) < 4.78 is 1.97. The van der Waals surface area contributed by atoms with Crippen molar-refractivity contribution >= 4 is 5.65 Å². The van der Waals surface area contributed by atoms with Crippen LogP contribution in [0.3, 0.4) is 0 Å². The Bertz CT molecular complexity index is 517. The summed E-state index contributed by atoms with van der Waals surface area (Å²) in [5.74, 6) is 2.56. The first-order chi connectivity index (χ1) is 6.76. The average Bonchev–Trinajstić information content (AvgIpc) is 2.55. The van der Waals surface area contributed by atoms with Gasteiger partial charge in [-0.25, -0.2) is 4.98 Å². The second-order valence-electron chi connectivity index (χ2n) is 3.16.